The monoisotopic (exact) mass is 281 g/mol. The molecule has 1 N–H and O–H groups in total. The number of benzene rings is 1. The van der Waals surface area contributed by atoms with Gasteiger partial charge >= 0.3 is 5.97 Å². The number of carbonyl (C=O) groups is 1. The van der Waals surface area contributed by atoms with Crippen LogP contribution in [0.1, 0.15) is 12.6 Å². The highest BCUT2D eigenvalue weighted by molar-refractivity contribution is 6.30. The Hall–Kier alpha value is -1.85. The van der Waals surface area contributed by atoms with E-state index in [2.05, 4.69) is 4.98 Å². The fraction of sp³-hybridized carbons (Fsp3) is 0.231. The molecule has 19 heavy (non-hydrogen) atoms. The van der Waals surface area contributed by atoms with E-state index >= 15 is 0 Å². The largest absolute Gasteiger partial charge is 0.479 e. The van der Waals surface area contributed by atoms with E-state index in [1.54, 1.807) is 24.3 Å². The molecule has 0 fully saturated rings. The quantitative estimate of drug-likeness (QED) is 0.912. The molecule has 0 saturated heterocycles. The molecule has 1 aromatic heterocycles. The summed E-state index contributed by atoms with van der Waals surface area (Å²) in [4.78, 5) is 14.8. The number of nitrogens with zero attached hydrogens (tertiary/aromatic N) is 1. The lowest BCUT2D eigenvalue weighted by atomic mass is 10.2. The molecule has 6 heteroatoms. The second kappa shape index (κ2) is 5.86. The zero-order chi connectivity index (χ0) is 13.8. The molecular formula is C13H12ClNO4. The maximum Gasteiger partial charge on any atom is 0.332 e. The van der Waals surface area contributed by atoms with Crippen molar-refractivity contribution in [3.8, 4) is 11.5 Å². The number of carboxylic acids is 1. The highest BCUT2D eigenvalue weighted by Crippen LogP contribution is 2.21. The molecule has 1 unspecified atom stereocenters. The van der Waals surface area contributed by atoms with Crippen molar-refractivity contribution < 1.29 is 19.1 Å². The number of hydrogen-bond acceptors (Lipinski definition) is 4. The van der Waals surface area contributed by atoms with Crippen molar-refractivity contribution >= 4 is 17.6 Å². The van der Waals surface area contributed by atoms with Crippen LogP contribution in [-0.4, -0.2) is 22.2 Å². The number of aliphatic carboxylic acids is 1. The zero-order valence-corrected chi connectivity index (χ0v) is 10.9. The number of carboxylic acid groups (broad SMARTS) is 1. The third kappa shape index (κ3) is 3.56. The fourth-order valence-corrected chi connectivity index (χ4v) is 1.51. The first-order chi connectivity index (χ1) is 9.06. The summed E-state index contributed by atoms with van der Waals surface area (Å²) < 4.78 is 10.4. The van der Waals surface area contributed by atoms with E-state index in [1.165, 1.54) is 13.2 Å². The van der Waals surface area contributed by atoms with Crippen LogP contribution in [0, 0.1) is 0 Å². The number of halogens is 1. The molecular weight excluding hydrogens is 270 g/mol. The minimum Gasteiger partial charge on any atom is -0.479 e. The van der Waals surface area contributed by atoms with Gasteiger partial charge in [0.25, 0.3) is 0 Å². The Morgan fingerprint density at radius 3 is 2.79 bits per heavy atom. The summed E-state index contributed by atoms with van der Waals surface area (Å²) in [5, 5.41) is 9.32. The first-order valence-electron chi connectivity index (χ1n) is 5.61. The summed E-state index contributed by atoms with van der Waals surface area (Å²) in [5.74, 6) is -0.570. The minimum atomic E-state index is -1.01. The van der Waals surface area contributed by atoms with Gasteiger partial charge < -0.3 is 14.3 Å². The summed E-state index contributed by atoms with van der Waals surface area (Å²) in [6.07, 6.45) is 0.564. The van der Waals surface area contributed by atoms with Crippen LogP contribution >= 0.6 is 11.6 Å². The molecule has 2 aromatic rings. The first-order valence-corrected chi connectivity index (χ1v) is 5.99. The van der Waals surface area contributed by atoms with Crippen molar-refractivity contribution in [3.63, 3.8) is 0 Å². The Kier molecular flexibility index (Phi) is 4.19. The highest BCUT2D eigenvalue weighted by Gasteiger charge is 2.13. The van der Waals surface area contributed by atoms with Crippen LogP contribution in [0.4, 0.5) is 0 Å². The van der Waals surface area contributed by atoms with Gasteiger partial charge in [-0.2, -0.15) is 0 Å². The number of hydrogen-bond donors (Lipinski definition) is 1. The third-order valence-electron chi connectivity index (χ3n) is 2.47. The molecule has 1 aromatic carbocycles. The van der Waals surface area contributed by atoms with Crippen molar-refractivity contribution in [2.24, 2.45) is 0 Å². The van der Waals surface area contributed by atoms with Gasteiger partial charge in [0.1, 0.15) is 12.0 Å². The molecule has 2 rings (SSSR count). The second-order valence-electron chi connectivity index (χ2n) is 3.94. The molecule has 0 amide bonds. The summed E-state index contributed by atoms with van der Waals surface area (Å²) in [6, 6.07) is 7.06. The summed E-state index contributed by atoms with van der Waals surface area (Å²) in [6.45, 7) is 1.55. The van der Waals surface area contributed by atoms with Gasteiger partial charge in [0.2, 0.25) is 5.89 Å². The highest BCUT2D eigenvalue weighted by atomic mass is 35.5. The van der Waals surface area contributed by atoms with Gasteiger partial charge in [0, 0.05) is 10.6 Å². The van der Waals surface area contributed by atoms with Gasteiger partial charge in [-0.15, -0.1) is 0 Å². The predicted molar refractivity (Wildman–Crippen MR) is 68.8 cm³/mol. The van der Waals surface area contributed by atoms with E-state index in [1.807, 2.05) is 0 Å². The number of aromatic nitrogens is 1. The molecule has 1 atom stereocenters. The Morgan fingerprint density at radius 2 is 2.16 bits per heavy atom. The molecule has 0 radical (unpaired) electrons. The number of rotatable bonds is 5. The molecule has 0 aliphatic heterocycles. The Morgan fingerprint density at radius 1 is 1.47 bits per heavy atom. The Bertz CT molecular complexity index is 564. The molecule has 0 saturated carbocycles. The third-order valence-corrected chi connectivity index (χ3v) is 2.72. The molecule has 5 nitrogen and oxygen atoms in total. The average Bonchev–Trinajstić information content (AvgIpc) is 2.85. The maximum atomic E-state index is 10.6. The summed E-state index contributed by atoms with van der Waals surface area (Å²) in [7, 11) is 0. The smallest absolute Gasteiger partial charge is 0.332 e. The molecule has 0 aliphatic carbocycles. The van der Waals surface area contributed by atoms with Crippen molar-refractivity contribution in [1.82, 2.24) is 4.98 Å². The normalized spacial score (nSPS) is 12.3. The van der Waals surface area contributed by atoms with Crippen LogP contribution in [-0.2, 0) is 16.1 Å². The molecule has 0 spiro atoms. The zero-order valence-electron chi connectivity index (χ0n) is 10.2. The van der Waals surface area contributed by atoms with Crippen LogP contribution < -0.4 is 0 Å². The summed E-state index contributed by atoms with van der Waals surface area (Å²) in [5.41, 5.74) is 1.33. The lowest BCUT2D eigenvalue weighted by Crippen LogP contribution is -2.19. The van der Waals surface area contributed by atoms with E-state index in [-0.39, 0.29) is 6.61 Å². The fourth-order valence-electron chi connectivity index (χ4n) is 1.38. The van der Waals surface area contributed by atoms with E-state index in [9.17, 15) is 4.79 Å². The van der Waals surface area contributed by atoms with E-state index < -0.39 is 12.1 Å². The van der Waals surface area contributed by atoms with Gasteiger partial charge in [-0.05, 0) is 31.2 Å². The van der Waals surface area contributed by atoms with E-state index in [0.29, 0.717) is 16.6 Å². The average molecular weight is 282 g/mol. The lowest BCUT2D eigenvalue weighted by molar-refractivity contribution is -0.149. The number of oxazole rings is 1. The SMILES string of the molecule is CC(OCc1coc(-c2ccc(Cl)cc2)n1)C(=O)O. The van der Waals surface area contributed by atoms with E-state index in [4.69, 9.17) is 25.9 Å². The topological polar surface area (TPSA) is 72.6 Å². The molecule has 0 aliphatic rings. The molecule has 100 valence electrons. The van der Waals surface area contributed by atoms with Gasteiger partial charge in [0.15, 0.2) is 6.10 Å². The van der Waals surface area contributed by atoms with Crippen molar-refractivity contribution in [2.45, 2.75) is 19.6 Å². The second-order valence-corrected chi connectivity index (χ2v) is 4.38. The maximum absolute atomic E-state index is 10.6. The lowest BCUT2D eigenvalue weighted by Gasteiger charge is -2.05. The van der Waals surface area contributed by atoms with Crippen molar-refractivity contribution in [1.29, 1.82) is 0 Å². The van der Waals surface area contributed by atoms with E-state index in [0.717, 1.165) is 5.56 Å². The van der Waals surface area contributed by atoms with Crippen LogP contribution in [0.3, 0.4) is 0 Å². The van der Waals surface area contributed by atoms with Gasteiger partial charge in [0.05, 0.1) is 6.61 Å². The first kappa shape index (κ1) is 13.6. The molecule has 0 bridgehead atoms. The standard InChI is InChI=1S/C13H12ClNO4/c1-8(13(16)17)18-6-11-7-19-12(15-11)9-2-4-10(14)5-3-9/h2-5,7-8H,6H2,1H3,(H,16,17). The predicted octanol–water partition coefficient (Wildman–Crippen LogP) is 2.98. The summed E-state index contributed by atoms with van der Waals surface area (Å²) >= 11 is 5.79. The van der Waals surface area contributed by atoms with Crippen LogP contribution in [0.2, 0.25) is 5.02 Å². The van der Waals surface area contributed by atoms with Crippen LogP contribution in [0.5, 0.6) is 0 Å². The molecule has 1 heterocycles. The van der Waals surface area contributed by atoms with Crippen molar-refractivity contribution in [3.05, 3.63) is 41.2 Å². The Balaban J connectivity index is 2.03. The van der Waals surface area contributed by atoms with Crippen LogP contribution in [0.15, 0.2) is 34.9 Å². The van der Waals surface area contributed by atoms with Crippen molar-refractivity contribution in [2.75, 3.05) is 0 Å². The number of ether oxygens (including phenoxy) is 1. The van der Waals surface area contributed by atoms with Gasteiger partial charge in [-0.1, -0.05) is 11.6 Å². The Labute approximate surface area is 114 Å². The van der Waals surface area contributed by atoms with Gasteiger partial charge in [-0.3, -0.25) is 0 Å². The van der Waals surface area contributed by atoms with Crippen LogP contribution in [0.25, 0.3) is 11.5 Å². The minimum absolute atomic E-state index is 0.0879. The van der Waals surface area contributed by atoms with Gasteiger partial charge in [-0.25, -0.2) is 9.78 Å².